The van der Waals surface area contributed by atoms with Crippen molar-refractivity contribution in [2.24, 2.45) is 0 Å². The number of nitrogens with zero attached hydrogens (tertiary/aromatic N) is 2. The van der Waals surface area contributed by atoms with Gasteiger partial charge in [0, 0.05) is 25.1 Å². The summed E-state index contributed by atoms with van der Waals surface area (Å²) < 4.78 is 40.1. The third-order valence-electron chi connectivity index (χ3n) is 2.63. The van der Waals surface area contributed by atoms with Crippen LogP contribution in [0.2, 0.25) is 0 Å². The van der Waals surface area contributed by atoms with Crippen LogP contribution in [0.3, 0.4) is 0 Å². The zero-order chi connectivity index (χ0) is 14.5. The molecule has 0 bridgehead atoms. The van der Waals surface area contributed by atoms with Crippen molar-refractivity contribution in [3.8, 4) is 10.6 Å². The van der Waals surface area contributed by atoms with Crippen LogP contribution in [0.5, 0.6) is 0 Å². The summed E-state index contributed by atoms with van der Waals surface area (Å²) in [5.74, 6) is -2.87. The van der Waals surface area contributed by atoms with E-state index in [4.69, 9.17) is 0 Å². The van der Waals surface area contributed by atoms with Crippen LogP contribution in [0.1, 0.15) is 18.4 Å². The first-order valence-electron chi connectivity index (χ1n) is 6.29. The molecule has 20 heavy (non-hydrogen) atoms. The summed E-state index contributed by atoms with van der Waals surface area (Å²) in [4.78, 5) is 0. The molecule has 0 atom stereocenters. The van der Waals surface area contributed by atoms with Gasteiger partial charge >= 0.3 is 0 Å². The fraction of sp³-hybridized carbons (Fsp3) is 0.385. The largest absolute Gasteiger partial charge is 0.316 e. The molecule has 0 saturated carbocycles. The Hall–Kier alpha value is -1.47. The number of hydrogen-bond donors (Lipinski definition) is 1. The fourth-order valence-electron chi connectivity index (χ4n) is 1.70. The first kappa shape index (κ1) is 14.9. The Morgan fingerprint density at radius 1 is 1.10 bits per heavy atom. The molecule has 7 heteroatoms. The van der Waals surface area contributed by atoms with Gasteiger partial charge in [-0.25, -0.2) is 13.2 Å². The van der Waals surface area contributed by atoms with Crippen LogP contribution in [-0.4, -0.2) is 23.3 Å². The van der Waals surface area contributed by atoms with Crippen molar-refractivity contribution < 1.29 is 13.2 Å². The molecule has 0 spiro atoms. The summed E-state index contributed by atoms with van der Waals surface area (Å²) in [7, 11) is 0. The topological polar surface area (TPSA) is 37.8 Å². The van der Waals surface area contributed by atoms with Crippen molar-refractivity contribution >= 4 is 11.3 Å². The van der Waals surface area contributed by atoms with Crippen molar-refractivity contribution in [3.63, 3.8) is 0 Å². The highest BCUT2D eigenvalue weighted by molar-refractivity contribution is 7.14. The molecule has 0 amide bonds. The second-order valence-electron chi connectivity index (χ2n) is 4.25. The van der Waals surface area contributed by atoms with E-state index in [2.05, 4.69) is 22.4 Å². The Labute approximate surface area is 118 Å². The molecule has 1 heterocycles. The van der Waals surface area contributed by atoms with Crippen LogP contribution in [-0.2, 0) is 6.42 Å². The number of benzene rings is 1. The maximum atomic E-state index is 13.6. The quantitative estimate of drug-likeness (QED) is 0.833. The maximum absolute atomic E-state index is 13.6. The molecule has 0 unspecified atom stereocenters. The molecule has 1 N–H and O–H groups in total. The van der Waals surface area contributed by atoms with Gasteiger partial charge in [0.25, 0.3) is 0 Å². The highest BCUT2D eigenvalue weighted by Gasteiger charge is 2.17. The lowest BCUT2D eigenvalue weighted by Crippen LogP contribution is -2.17. The van der Waals surface area contributed by atoms with Crippen LogP contribution in [0, 0.1) is 17.5 Å². The number of nitrogens with one attached hydrogen (secondary N) is 1. The lowest BCUT2D eigenvalue weighted by molar-refractivity contribution is 0.547. The van der Waals surface area contributed by atoms with E-state index in [0.717, 1.165) is 30.8 Å². The first-order valence-corrected chi connectivity index (χ1v) is 7.11. The van der Waals surface area contributed by atoms with E-state index in [1.807, 2.05) is 0 Å². The van der Waals surface area contributed by atoms with Crippen molar-refractivity contribution in [1.82, 2.24) is 15.5 Å². The minimum absolute atomic E-state index is 0.130. The van der Waals surface area contributed by atoms with E-state index in [9.17, 15) is 13.2 Å². The molecule has 1 aromatic heterocycles. The molecule has 0 aliphatic carbocycles. The third-order valence-corrected chi connectivity index (χ3v) is 3.63. The van der Waals surface area contributed by atoms with Gasteiger partial charge in [-0.3, -0.25) is 0 Å². The van der Waals surface area contributed by atoms with Gasteiger partial charge in [-0.15, -0.1) is 10.2 Å². The molecule has 108 valence electrons. The van der Waals surface area contributed by atoms with E-state index in [-0.39, 0.29) is 10.6 Å². The van der Waals surface area contributed by atoms with Gasteiger partial charge in [-0.1, -0.05) is 18.3 Å². The number of rotatable bonds is 6. The van der Waals surface area contributed by atoms with Crippen molar-refractivity contribution in [1.29, 1.82) is 0 Å². The van der Waals surface area contributed by atoms with Gasteiger partial charge in [-0.05, 0) is 13.0 Å². The van der Waals surface area contributed by atoms with Crippen LogP contribution in [0.15, 0.2) is 12.1 Å². The lowest BCUT2D eigenvalue weighted by atomic mass is 10.2. The van der Waals surface area contributed by atoms with E-state index in [1.54, 1.807) is 0 Å². The van der Waals surface area contributed by atoms with Crippen molar-refractivity contribution in [3.05, 3.63) is 34.6 Å². The molecule has 3 nitrogen and oxygen atoms in total. The highest BCUT2D eigenvalue weighted by atomic mass is 32.1. The molecular formula is C13H14F3N3S. The number of halogens is 3. The summed E-state index contributed by atoms with van der Waals surface area (Å²) in [5, 5.41) is 11.7. The Kier molecular flexibility index (Phi) is 5.08. The molecule has 1 aromatic carbocycles. The Morgan fingerprint density at radius 3 is 2.45 bits per heavy atom. The lowest BCUT2D eigenvalue weighted by Gasteiger charge is -2.00. The monoisotopic (exact) mass is 301 g/mol. The SMILES string of the molecule is CCCNCCc1nnc(-c2c(F)cc(F)cc2F)s1. The molecule has 0 radical (unpaired) electrons. The van der Waals surface area contributed by atoms with E-state index < -0.39 is 17.5 Å². The second kappa shape index (κ2) is 6.81. The summed E-state index contributed by atoms with van der Waals surface area (Å²) in [6.45, 7) is 3.71. The molecule has 0 saturated heterocycles. The van der Waals surface area contributed by atoms with Gasteiger partial charge in [0.1, 0.15) is 22.5 Å². The van der Waals surface area contributed by atoms with Gasteiger partial charge in [0.15, 0.2) is 5.01 Å². The normalized spacial score (nSPS) is 11.0. The van der Waals surface area contributed by atoms with Gasteiger partial charge < -0.3 is 5.32 Å². The first-order chi connectivity index (χ1) is 9.61. The van der Waals surface area contributed by atoms with E-state index >= 15 is 0 Å². The van der Waals surface area contributed by atoms with Crippen LogP contribution in [0.25, 0.3) is 10.6 Å². The summed E-state index contributed by atoms with van der Waals surface area (Å²) in [5.41, 5.74) is -0.323. The summed E-state index contributed by atoms with van der Waals surface area (Å²) in [6, 6.07) is 1.28. The van der Waals surface area contributed by atoms with Gasteiger partial charge in [0.05, 0.1) is 5.56 Å². The zero-order valence-electron chi connectivity index (χ0n) is 10.9. The highest BCUT2D eigenvalue weighted by Crippen LogP contribution is 2.29. The third kappa shape index (κ3) is 3.55. The molecule has 0 fully saturated rings. The molecule has 2 rings (SSSR count). The minimum atomic E-state index is -0.964. The predicted octanol–water partition coefficient (Wildman–Crippen LogP) is 3.16. The number of hydrogen-bond acceptors (Lipinski definition) is 4. The predicted molar refractivity (Wildman–Crippen MR) is 72.1 cm³/mol. The minimum Gasteiger partial charge on any atom is -0.316 e. The average Bonchev–Trinajstić information content (AvgIpc) is 2.82. The smallest absolute Gasteiger partial charge is 0.153 e. The Balaban J connectivity index is 2.13. The van der Waals surface area contributed by atoms with Crippen molar-refractivity contribution in [2.45, 2.75) is 19.8 Å². The zero-order valence-corrected chi connectivity index (χ0v) is 11.7. The fourth-order valence-corrected chi connectivity index (χ4v) is 2.59. The van der Waals surface area contributed by atoms with Crippen molar-refractivity contribution in [2.75, 3.05) is 13.1 Å². The van der Waals surface area contributed by atoms with Crippen LogP contribution < -0.4 is 5.32 Å². The summed E-state index contributed by atoms with van der Waals surface area (Å²) in [6.07, 6.45) is 1.68. The van der Waals surface area contributed by atoms with Crippen LogP contribution in [0.4, 0.5) is 13.2 Å². The standard InChI is InChI=1S/C13H14F3N3S/c1-2-4-17-5-3-11-18-19-13(20-11)12-9(15)6-8(14)7-10(12)16/h6-7,17H,2-5H2,1H3. The number of aromatic nitrogens is 2. The molecule has 0 aliphatic heterocycles. The average molecular weight is 301 g/mol. The van der Waals surface area contributed by atoms with Gasteiger partial charge in [-0.2, -0.15) is 0 Å². The van der Waals surface area contributed by atoms with Gasteiger partial charge in [0.2, 0.25) is 0 Å². The Bertz CT molecular complexity index is 563. The van der Waals surface area contributed by atoms with Crippen LogP contribution >= 0.6 is 11.3 Å². The van der Waals surface area contributed by atoms with E-state index in [1.165, 1.54) is 0 Å². The second-order valence-corrected chi connectivity index (χ2v) is 5.31. The molecular weight excluding hydrogens is 287 g/mol. The maximum Gasteiger partial charge on any atom is 0.153 e. The Morgan fingerprint density at radius 2 is 1.80 bits per heavy atom. The molecule has 0 aliphatic rings. The summed E-state index contributed by atoms with van der Waals surface area (Å²) >= 11 is 1.11. The van der Waals surface area contributed by atoms with E-state index in [0.29, 0.717) is 23.6 Å². The molecule has 2 aromatic rings.